The molecule has 3 rings (SSSR count). The van der Waals surface area contributed by atoms with Gasteiger partial charge in [0.25, 0.3) is 0 Å². The van der Waals surface area contributed by atoms with E-state index in [1.165, 1.54) is 0 Å². The molecule has 2 aromatic carbocycles. The molecule has 128 valence electrons. The number of benzene rings is 2. The number of sulfone groups is 1. The van der Waals surface area contributed by atoms with E-state index in [2.05, 4.69) is 0 Å². The monoisotopic (exact) mass is 365 g/mol. The summed E-state index contributed by atoms with van der Waals surface area (Å²) in [7, 11) is -3.21. The summed E-state index contributed by atoms with van der Waals surface area (Å²) in [6, 6.07) is 16.9. The summed E-state index contributed by atoms with van der Waals surface area (Å²) in [4.78, 5) is 2.01. The maximum Gasteiger partial charge on any atom is 0.154 e. The Morgan fingerprint density at radius 1 is 1.00 bits per heavy atom. The quantitative estimate of drug-likeness (QED) is 0.884. The van der Waals surface area contributed by atoms with Crippen LogP contribution in [0.4, 0.5) is 0 Å². The fourth-order valence-electron chi connectivity index (χ4n) is 3.11. The SMILES string of the molecule is O=S1(=O)C[C@@H](O)[C@H](N(Cc2ccccc2)Cc2ccccc2Cl)C1. The van der Waals surface area contributed by atoms with Crippen molar-refractivity contribution in [3.63, 3.8) is 0 Å². The third-order valence-electron chi connectivity index (χ3n) is 4.32. The third-order valence-corrected chi connectivity index (χ3v) is 6.39. The number of aliphatic hydroxyl groups is 1. The highest BCUT2D eigenvalue weighted by Crippen LogP contribution is 2.25. The number of hydrogen-bond donors (Lipinski definition) is 1. The lowest BCUT2D eigenvalue weighted by atomic mass is 10.1. The van der Waals surface area contributed by atoms with Gasteiger partial charge in [-0.2, -0.15) is 0 Å². The average Bonchev–Trinajstić information content (AvgIpc) is 2.82. The van der Waals surface area contributed by atoms with E-state index in [0.29, 0.717) is 18.1 Å². The van der Waals surface area contributed by atoms with Crippen LogP contribution in [0.2, 0.25) is 5.02 Å². The van der Waals surface area contributed by atoms with Crippen molar-refractivity contribution in [2.24, 2.45) is 0 Å². The molecule has 1 fully saturated rings. The van der Waals surface area contributed by atoms with Crippen molar-refractivity contribution in [3.8, 4) is 0 Å². The van der Waals surface area contributed by atoms with E-state index in [1.54, 1.807) is 0 Å². The largest absolute Gasteiger partial charge is 0.390 e. The molecule has 0 aromatic heterocycles. The summed E-state index contributed by atoms with van der Waals surface area (Å²) in [6.45, 7) is 1.05. The van der Waals surface area contributed by atoms with Gasteiger partial charge in [-0.1, -0.05) is 60.1 Å². The minimum atomic E-state index is -3.21. The summed E-state index contributed by atoms with van der Waals surface area (Å²) >= 11 is 6.26. The van der Waals surface area contributed by atoms with Gasteiger partial charge >= 0.3 is 0 Å². The van der Waals surface area contributed by atoms with Crippen LogP contribution in [0.15, 0.2) is 54.6 Å². The van der Waals surface area contributed by atoms with E-state index in [0.717, 1.165) is 11.1 Å². The molecule has 0 radical (unpaired) electrons. The Kier molecular flexibility index (Phi) is 5.25. The van der Waals surface area contributed by atoms with E-state index in [9.17, 15) is 13.5 Å². The van der Waals surface area contributed by atoms with E-state index >= 15 is 0 Å². The van der Waals surface area contributed by atoms with Crippen LogP contribution in [-0.2, 0) is 22.9 Å². The lowest BCUT2D eigenvalue weighted by molar-refractivity contribution is 0.0731. The Labute approximate surface area is 147 Å². The maximum atomic E-state index is 11.9. The molecule has 1 aliphatic rings. The molecule has 0 amide bonds. The highest BCUT2D eigenvalue weighted by molar-refractivity contribution is 7.91. The van der Waals surface area contributed by atoms with Gasteiger partial charge in [0.1, 0.15) is 0 Å². The van der Waals surface area contributed by atoms with Crippen LogP contribution in [0.25, 0.3) is 0 Å². The van der Waals surface area contributed by atoms with Gasteiger partial charge in [-0.3, -0.25) is 4.90 Å². The molecule has 0 unspecified atom stereocenters. The molecule has 0 saturated carbocycles. The molecule has 1 heterocycles. The molecular formula is C18H20ClNO3S. The van der Waals surface area contributed by atoms with Crippen molar-refractivity contribution in [2.45, 2.75) is 25.2 Å². The van der Waals surface area contributed by atoms with Crippen molar-refractivity contribution in [1.82, 2.24) is 4.90 Å². The minimum absolute atomic E-state index is 0.0224. The zero-order valence-corrected chi connectivity index (χ0v) is 14.7. The van der Waals surface area contributed by atoms with Crippen molar-refractivity contribution >= 4 is 21.4 Å². The summed E-state index contributed by atoms with van der Waals surface area (Å²) in [5, 5.41) is 10.9. The first-order valence-corrected chi connectivity index (χ1v) is 10.0. The van der Waals surface area contributed by atoms with Crippen molar-refractivity contribution in [3.05, 3.63) is 70.7 Å². The van der Waals surface area contributed by atoms with Crippen LogP contribution in [0.3, 0.4) is 0 Å². The van der Waals surface area contributed by atoms with Crippen molar-refractivity contribution in [1.29, 1.82) is 0 Å². The molecule has 2 atom stereocenters. The van der Waals surface area contributed by atoms with E-state index in [4.69, 9.17) is 11.6 Å². The fraction of sp³-hybridized carbons (Fsp3) is 0.333. The summed E-state index contributed by atoms with van der Waals surface area (Å²) in [5.41, 5.74) is 1.99. The van der Waals surface area contributed by atoms with E-state index in [-0.39, 0.29) is 11.5 Å². The molecule has 2 aromatic rings. The second-order valence-corrected chi connectivity index (χ2v) is 8.75. The highest BCUT2D eigenvalue weighted by atomic mass is 35.5. The molecular weight excluding hydrogens is 346 g/mol. The standard InChI is InChI=1S/C18H20ClNO3S/c19-16-9-5-4-8-15(16)11-20(10-14-6-2-1-3-7-14)17-12-24(22,23)13-18(17)21/h1-9,17-18,21H,10-13H2/t17-,18-/m1/s1. The Bertz CT molecular complexity index is 795. The first-order valence-electron chi connectivity index (χ1n) is 7.84. The normalized spacial score (nSPS) is 22.8. The Morgan fingerprint density at radius 3 is 2.29 bits per heavy atom. The van der Waals surface area contributed by atoms with Crippen LogP contribution in [-0.4, -0.2) is 42.1 Å². The number of halogens is 1. The number of rotatable bonds is 5. The molecule has 1 saturated heterocycles. The predicted octanol–water partition coefficient (Wildman–Crippen LogP) is 2.50. The van der Waals surface area contributed by atoms with Crippen LogP contribution in [0.5, 0.6) is 0 Å². The number of nitrogens with zero attached hydrogens (tertiary/aromatic N) is 1. The van der Waals surface area contributed by atoms with Gasteiger partial charge in [-0.25, -0.2) is 8.42 Å². The second-order valence-electron chi connectivity index (χ2n) is 6.19. The third kappa shape index (κ3) is 4.16. The average molecular weight is 366 g/mol. The second kappa shape index (κ2) is 7.23. The topological polar surface area (TPSA) is 57.6 Å². The number of hydrogen-bond acceptors (Lipinski definition) is 4. The van der Waals surface area contributed by atoms with Gasteiger partial charge in [-0.15, -0.1) is 0 Å². The molecule has 1 aliphatic heterocycles. The predicted molar refractivity (Wildman–Crippen MR) is 95.6 cm³/mol. The first-order chi connectivity index (χ1) is 11.4. The molecule has 0 bridgehead atoms. The molecule has 0 aliphatic carbocycles. The zero-order valence-electron chi connectivity index (χ0n) is 13.2. The molecule has 4 nitrogen and oxygen atoms in total. The molecule has 24 heavy (non-hydrogen) atoms. The van der Waals surface area contributed by atoms with Crippen molar-refractivity contribution in [2.75, 3.05) is 11.5 Å². The summed E-state index contributed by atoms with van der Waals surface area (Å²) in [5.74, 6) is -0.197. The maximum absolute atomic E-state index is 11.9. The van der Waals surface area contributed by atoms with Gasteiger partial charge in [0, 0.05) is 18.1 Å². The van der Waals surface area contributed by atoms with Gasteiger partial charge in [0.2, 0.25) is 0 Å². The van der Waals surface area contributed by atoms with Gasteiger partial charge in [0.15, 0.2) is 9.84 Å². The van der Waals surface area contributed by atoms with Crippen LogP contribution in [0.1, 0.15) is 11.1 Å². The molecule has 1 N–H and O–H groups in total. The number of aliphatic hydroxyl groups excluding tert-OH is 1. The van der Waals surface area contributed by atoms with E-state index < -0.39 is 22.0 Å². The highest BCUT2D eigenvalue weighted by Gasteiger charge is 2.40. The lowest BCUT2D eigenvalue weighted by Crippen LogP contribution is -2.42. The summed E-state index contributed by atoms with van der Waals surface area (Å²) < 4.78 is 23.8. The fourth-order valence-corrected chi connectivity index (χ4v) is 5.14. The van der Waals surface area contributed by atoms with Gasteiger partial charge in [0.05, 0.1) is 23.7 Å². The Balaban J connectivity index is 1.87. The summed E-state index contributed by atoms with van der Waals surface area (Å²) in [6.07, 6.45) is -0.874. The zero-order chi connectivity index (χ0) is 17.2. The lowest BCUT2D eigenvalue weighted by Gasteiger charge is -2.30. The van der Waals surface area contributed by atoms with Crippen LogP contribution < -0.4 is 0 Å². The minimum Gasteiger partial charge on any atom is -0.390 e. The Morgan fingerprint density at radius 2 is 1.67 bits per heavy atom. The van der Waals surface area contributed by atoms with Gasteiger partial charge < -0.3 is 5.11 Å². The van der Waals surface area contributed by atoms with Crippen LogP contribution >= 0.6 is 11.6 Å². The van der Waals surface area contributed by atoms with Crippen LogP contribution in [0, 0.1) is 0 Å². The molecule has 6 heteroatoms. The van der Waals surface area contributed by atoms with Gasteiger partial charge in [-0.05, 0) is 17.2 Å². The first kappa shape index (κ1) is 17.4. The Hall–Kier alpha value is -1.40. The van der Waals surface area contributed by atoms with Crippen molar-refractivity contribution < 1.29 is 13.5 Å². The molecule has 0 spiro atoms. The van der Waals surface area contributed by atoms with E-state index in [1.807, 2.05) is 59.5 Å². The smallest absolute Gasteiger partial charge is 0.154 e.